The summed E-state index contributed by atoms with van der Waals surface area (Å²) in [6, 6.07) is 14.4. The molecule has 2 aromatic carbocycles. The maximum absolute atomic E-state index is 13.4. The van der Waals surface area contributed by atoms with Gasteiger partial charge in [-0.05, 0) is 99.7 Å². The number of imide groups is 1. The summed E-state index contributed by atoms with van der Waals surface area (Å²) in [6.07, 6.45) is 5.34. The fourth-order valence-corrected chi connectivity index (χ4v) is 8.85. The van der Waals surface area contributed by atoms with E-state index in [2.05, 4.69) is 30.1 Å². The van der Waals surface area contributed by atoms with Gasteiger partial charge in [-0.1, -0.05) is 6.07 Å². The van der Waals surface area contributed by atoms with Gasteiger partial charge in [-0.25, -0.2) is 9.78 Å². The Morgan fingerprint density at radius 3 is 2.40 bits per heavy atom. The Labute approximate surface area is 334 Å². The number of amides is 4. The van der Waals surface area contributed by atoms with Gasteiger partial charge in [-0.3, -0.25) is 24.5 Å². The van der Waals surface area contributed by atoms with Crippen LogP contribution in [0.15, 0.2) is 60.9 Å². The highest BCUT2D eigenvalue weighted by atomic mass is 19.4. The minimum absolute atomic E-state index is 0.0765. The van der Waals surface area contributed by atoms with Crippen LogP contribution < -0.4 is 25.2 Å². The maximum Gasteiger partial charge on any atom is 0.417 e. The fourth-order valence-electron chi connectivity index (χ4n) is 8.85. The molecule has 16 heteroatoms. The van der Waals surface area contributed by atoms with Crippen molar-refractivity contribution in [2.45, 2.75) is 82.2 Å². The van der Waals surface area contributed by atoms with Crippen LogP contribution in [-0.4, -0.2) is 88.9 Å². The third kappa shape index (κ3) is 8.59. The SMILES string of the molecule is N#Cc1ccc(OC2CCC(NC(=O)c3ccc(N4CCC(CN5CCC(n6ncc7c(N8CCC(=O)NC8=O)cccc76)CC5)CC4)nc3)CC2)cc1C(F)(F)F. The first kappa shape index (κ1) is 39.2. The van der Waals surface area contributed by atoms with Crippen LogP contribution in [0.25, 0.3) is 10.9 Å². The second-order valence-electron chi connectivity index (χ2n) is 15.8. The number of benzene rings is 2. The van der Waals surface area contributed by atoms with E-state index in [4.69, 9.17) is 15.1 Å². The van der Waals surface area contributed by atoms with E-state index in [1.807, 2.05) is 36.5 Å². The van der Waals surface area contributed by atoms with Crippen molar-refractivity contribution in [3.63, 3.8) is 0 Å². The van der Waals surface area contributed by atoms with E-state index in [1.165, 1.54) is 6.07 Å². The summed E-state index contributed by atoms with van der Waals surface area (Å²) >= 11 is 0. The molecule has 3 aliphatic heterocycles. The quantitative estimate of drug-likeness (QED) is 0.195. The van der Waals surface area contributed by atoms with Gasteiger partial charge in [-0.15, -0.1) is 0 Å². The summed E-state index contributed by atoms with van der Waals surface area (Å²) in [5.74, 6) is 1.07. The summed E-state index contributed by atoms with van der Waals surface area (Å²) in [6.45, 7) is 5.19. The molecule has 13 nitrogen and oxygen atoms in total. The number of carbonyl (C=O) groups is 3. The number of urea groups is 1. The predicted molar refractivity (Wildman–Crippen MR) is 209 cm³/mol. The molecule has 8 rings (SSSR count). The van der Waals surface area contributed by atoms with Crippen molar-refractivity contribution in [1.29, 1.82) is 5.26 Å². The number of nitrogens with zero attached hydrogens (tertiary/aromatic N) is 7. The topological polar surface area (TPSA) is 149 Å². The van der Waals surface area contributed by atoms with Crippen molar-refractivity contribution in [1.82, 2.24) is 30.3 Å². The van der Waals surface area contributed by atoms with Gasteiger partial charge in [0.2, 0.25) is 5.91 Å². The number of halogens is 3. The lowest BCUT2D eigenvalue weighted by Crippen LogP contribution is -2.49. The third-order valence-corrected chi connectivity index (χ3v) is 12.1. The number of nitriles is 1. The van der Waals surface area contributed by atoms with E-state index in [-0.39, 0.29) is 42.2 Å². The van der Waals surface area contributed by atoms with Crippen LogP contribution in [0.4, 0.5) is 29.5 Å². The number of nitrogens with one attached hydrogen (secondary N) is 2. The summed E-state index contributed by atoms with van der Waals surface area (Å²) in [4.78, 5) is 48.4. The Morgan fingerprint density at radius 2 is 1.71 bits per heavy atom. The zero-order valence-electron chi connectivity index (χ0n) is 32.1. The highest BCUT2D eigenvalue weighted by Gasteiger charge is 2.35. The average Bonchev–Trinajstić information content (AvgIpc) is 3.67. The number of carbonyl (C=O) groups excluding carboxylic acids is 3. The number of ether oxygens (including phenoxy) is 1. The molecule has 1 aliphatic carbocycles. The van der Waals surface area contributed by atoms with Gasteiger partial charge >= 0.3 is 12.2 Å². The Bertz CT molecular complexity index is 2180. The second-order valence-corrected chi connectivity index (χ2v) is 15.8. The number of pyridine rings is 1. The molecular weight excluding hydrogens is 752 g/mol. The van der Waals surface area contributed by atoms with E-state index >= 15 is 0 Å². The van der Waals surface area contributed by atoms with Crippen molar-refractivity contribution in [3.05, 3.63) is 77.6 Å². The molecule has 3 saturated heterocycles. The molecule has 2 aromatic heterocycles. The van der Waals surface area contributed by atoms with E-state index < -0.39 is 23.3 Å². The average molecular weight is 798 g/mol. The van der Waals surface area contributed by atoms with Gasteiger partial charge < -0.3 is 19.9 Å². The van der Waals surface area contributed by atoms with Crippen LogP contribution >= 0.6 is 0 Å². The molecule has 0 bridgehead atoms. The molecule has 4 fully saturated rings. The highest BCUT2D eigenvalue weighted by molar-refractivity contribution is 6.09. The minimum Gasteiger partial charge on any atom is -0.490 e. The molecule has 1 saturated carbocycles. The Morgan fingerprint density at radius 1 is 0.931 bits per heavy atom. The molecule has 0 spiro atoms. The summed E-state index contributed by atoms with van der Waals surface area (Å²) in [5.41, 5.74) is 0.805. The number of rotatable bonds is 9. The molecule has 0 radical (unpaired) electrons. The number of aromatic nitrogens is 3. The molecule has 0 atom stereocenters. The normalized spacial score (nSPS) is 21.5. The minimum atomic E-state index is -4.65. The van der Waals surface area contributed by atoms with Crippen LogP contribution in [0, 0.1) is 17.2 Å². The van der Waals surface area contributed by atoms with Gasteiger partial charge in [0.15, 0.2) is 0 Å². The Kier molecular flexibility index (Phi) is 11.2. The van der Waals surface area contributed by atoms with Crippen molar-refractivity contribution in [2.24, 2.45) is 5.92 Å². The predicted octanol–water partition coefficient (Wildman–Crippen LogP) is 6.44. The van der Waals surface area contributed by atoms with E-state index in [9.17, 15) is 27.6 Å². The monoisotopic (exact) mass is 797 g/mol. The molecule has 58 heavy (non-hydrogen) atoms. The molecule has 4 aliphatic rings. The first-order valence-electron chi connectivity index (χ1n) is 20.1. The largest absolute Gasteiger partial charge is 0.490 e. The molecule has 4 aromatic rings. The van der Waals surface area contributed by atoms with Crippen LogP contribution in [-0.2, 0) is 11.0 Å². The van der Waals surface area contributed by atoms with E-state index in [0.717, 1.165) is 92.9 Å². The van der Waals surface area contributed by atoms with Crippen molar-refractivity contribution >= 4 is 40.3 Å². The van der Waals surface area contributed by atoms with Crippen LogP contribution in [0.1, 0.15) is 85.3 Å². The number of alkyl halides is 3. The van der Waals surface area contributed by atoms with Gasteiger partial charge in [0.25, 0.3) is 5.91 Å². The summed E-state index contributed by atoms with van der Waals surface area (Å²) in [5, 5.41) is 20.2. The zero-order valence-corrected chi connectivity index (χ0v) is 32.1. The number of hydrogen-bond acceptors (Lipinski definition) is 9. The van der Waals surface area contributed by atoms with Gasteiger partial charge in [-0.2, -0.15) is 23.5 Å². The standard InChI is InChI=1S/C42H46F3N9O4/c43-42(44,45)35-22-33(8-4-28(35)23-46)58-32-9-6-30(7-10-32)49-40(56)29-5-11-38(47-24-29)52-19-12-27(13-20-52)26-51-17-14-31(15-18-51)54-37-3-1-2-36(34(37)25-48-54)53-21-16-39(55)50-41(53)57/h1-5,8,11,22,24-25,27,30-32H,6-7,9-10,12-21,26H2,(H,49,56)(H,50,55,57). The Hall–Kier alpha value is -5.69. The first-order valence-corrected chi connectivity index (χ1v) is 20.1. The van der Waals surface area contributed by atoms with Crippen LogP contribution in [0.3, 0.4) is 0 Å². The van der Waals surface area contributed by atoms with Crippen LogP contribution in [0.2, 0.25) is 0 Å². The van der Waals surface area contributed by atoms with Crippen molar-refractivity contribution in [2.75, 3.05) is 49.1 Å². The smallest absolute Gasteiger partial charge is 0.417 e. The molecule has 5 heterocycles. The molecule has 304 valence electrons. The summed E-state index contributed by atoms with van der Waals surface area (Å²) < 4.78 is 48.0. The fraction of sp³-hybridized carbons (Fsp3) is 0.476. The lowest BCUT2D eigenvalue weighted by Gasteiger charge is -2.38. The van der Waals surface area contributed by atoms with Crippen molar-refractivity contribution < 1.29 is 32.3 Å². The lowest BCUT2D eigenvalue weighted by atomic mass is 9.92. The second kappa shape index (κ2) is 16.7. The molecular formula is C42H46F3N9O4. The van der Waals surface area contributed by atoms with Gasteiger partial charge in [0.1, 0.15) is 11.6 Å². The number of piperidine rings is 2. The third-order valence-electron chi connectivity index (χ3n) is 12.1. The van der Waals surface area contributed by atoms with Gasteiger partial charge in [0, 0.05) is 63.3 Å². The molecule has 2 N–H and O–H groups in total. The highest BCUT2D eigenvalue weighted by Crippen LogP contribution is 2.36. The summed E-state index contributed by atoms with van der Waals surface area (Å²) in [7, 11) is 0. The van der Waals surface area contributed by atoms with Crippen molar-refractivity contribution in [3.8, 4) is 11.8 Å². The zero-order chi connectivity index (χ0) is 40.4. The van der Waals surface area contributed by atoms with Crippen LogP contribution in [0.5, 0.6) is 5.75 Å². The molecule has 0 unspecified atom stereocenters. The first-order chi connectivity index (χ1) is 28.0. The van der Waals surface area contributed by atoms with E-state index in [0.29, 0.717) is 43.7 Å². The Balaban J connectivity index is 0.759. The number of fused-ring (bicyclic) bond motifs is 1. The lowest BCUT2D eigenvalue weighted by molar-refractivity contribution is -0.138. The number of likely N-dealkylation sites (tertiary alicyclic amines) is 1. The number of hydrogen-bond donors (Lipinski definition) is 2. The maximum atomic E-state index is 13.4. The molecule has 4 amide bonds. The van der Waals surface area contributed by atoms with E-state index in [1.54, 1.807) is 17.2 Å². The van der Waals surface area contributed by atoms with Gasteiger partial charge in [0.05, 0.1) is 52.3 Å². The number of anilines is 2.